The lowest BCUT2D eigenvalue weighted by molar-refractivity contribution is -0.135. The van der Waals surface area contributed by atoms with Crippen LogP contribution in [0.5, 0.6) is 0 Å². The Morgan fingerprint density at radius 3 is 2.32 bits per heavy atom. The van der Waals surface area contributed by atoms with Crippen LogP contribution in [0.4, 0.5) is 4.79 Å². The van der Waals surface area contributed by atoms with Gasteiger partial charge in [-0.15, -0.1) is 0 Å². The largest absolute Gasteiger partial charge is 0.463 e. The number of hydrogen-bond acceptors (Lipinski definition) is 5. The second kappa shape index (κ2) is 7.66. The number of hydrogen-bond donors (Lipinski definition) is 0. The Hall–Kier alpha value is -2.83. The number of carbonyl (C=O) groups is 3. The lowest BCUT2D eigenvalue weighted by Crippen LogP contribution is -2.42. The molecule has 2 heterocycles. The molecule has 1 saturated heterocycles. The van der Waals surface area contributed by atoms with E-state index in [1.54, 1.807) is 11.1 Å². The van der Waals surface area contributed by atoms with Gasteiger partial charge in [-0.3, -0.25) is 4.79 Å². The first-order chi connectivity index (χ1) is 13.2. The quantitative estimate of drug-likeness (QED) is 0.458. The molecule has 0 radical (unpaired) electrons. The van der Waals surface area contributed by atoms with Crippen molar-refractivity contribution in [1.29, 1.82) is 0 Å². The first-order valence-electron chi connectivity index (χ1n) is 9.41. The molecule has 0 spiro atoms. The third-order valence-corrected chi connectivity index (χ3v) is 4.87. The number of carbonyl (C=O) groups excluding carboxylic acids is 3. The van der Waals surface area contributed by atoms with E-state index in [9.17, 15) is 14.4 Å². The van der Waals surface area contributed by atoms with Gasteiger partial charge in [0, 0.05) is 36.2 Å². The van der Waals surface area contributed by atoms with Crippen LogP contribution >= 0.6 is 0 Å². The third kappa shape index (κ3) is 4.03. The van der Waals surface area contributed by atoms with Crippen LogP contribution in [0.1, 0.15) is 50.0 Å². The third-order valence-electron chi connectivity index (χ3n) is 4.87. The van der Waals surface area contributed by atoms with Gasteiger partial charge in [0.05, 0.1) is 12.7 Å². The maximum Gasteiger partial charge on any atom is 0.410 e. The lowest BCUT2D eigenvalue weighted by atomic mass is 10.0. The van der Waals surface area contributed by atoms with Crippen molar-refractivity contribution in [3.05, 3.63) is 36.0 Å². The summed E-state index contributed by atoms with van der Waals surface area (Å²) in [7, 11) is 1.20. The number of ketones is 1. The summed E-state index contributed by atoms with van der Waals surface area (Å²) < 4.78 is 12.1. The van der Waals surface area contributed by atoms with Gasteiger partial charge in [-0.2, -0.15) is 0 Å². The number of para-hydroxylation sites is 1. The molecular weight excluding hydrogens is 360 g/mol. The maximum atomic E-state index is 12.4. The molecular formula is C21H26N2O5. The number of ether oxygens (including phenoxy) is 2. The highest BCUT2D eigenvalue weighted by Gasteiger charge is 2.29. The zero-order valence-electron chi connectivity index (χ0n) is 16.7. The van der Waals surface area contributed by atoms with Gasteiger partial charge in [0.15, 0.2) is 0 Å². The highest BCUT2D eigenvalue weighted by atomic mass is 16.6. The molecule has 0 saturated carbocycles. The second-order valence-electron chi connectivity index (χ2n) is 7.99. The molecule has 7 heteroatoms. The Kier molecular flexibility index (Phi) is 5.45. The van der Waals surface area contributed by atoms with Crippen molar-refractivity contribution < 1.29 is 23.9 Å². The molecule has 0 bridgehead atoms. The minimum Gasteiger partial charge on any atom is -0.463 e. The molecule has 0 N–H and O–H groups in total. The molecule has 0 atom stereocenters. The number of esters is 1. The monoisotopic (exact) mass is 386 g/mol. The highest BCUT2D eigenvalue weighted by Crippen LogP contribution is 2.31. The summed E-state index contributed by atoms with van der Waals surface area (Å²) in [5, 5.41) is 0.729. The van der Waals surface area contributed by atoms with E-state index in [-0.39, 0.29) is 12.1 Å². The summed E-state index contributed by atoms with van der Waals surface area (Å²) in [6.45, 7) is 6.70. The zero-order valence-corrected chi connectivity index (χ0v) is 16.7. The minimum absolute atomic E-state index is 0.128. The van der Waals surface area contributed by atoms with Crippen molar-refractivity contribution in [2.24, 2.45) is 0 Å². The van der Waals surface area contributed by atoms with Crippen LogP contribution in [0, 0.1) is 0 Å². The zero-order chi connectivity index (χ0) is 20.5. The number of aromatic nitrogens is 1. The van der Waals surface area contributed by atoms with Crippen LogP contribution in [-0.2, 0) is 14.3 Å². The number of likely N-dealkylation sites (tertiary alicyclic amines) is 1. The molecule has 1 fully saturated rings. The molecule has 1 aliphatic rings. The first-order valence-corrected chi connectivity index (χ1v) is 9.41. The van der Waals surface area contributed by atoms with Gasteiger partial charge in [-0.25, -0.2) is 9.59 Å². The van der Waals surface area contributed by atoms with Crippen LogP contribution in [0.3, 0.4) is 0 Å². The van der Waals surface area contributed by atoms with E-state index >= 15 is 0 Å². The van der Waals surface area contributed by atoms with E-state index in [1.165, 1.54) is 7.11 Å². The van der Waals surface area contributed by atoms with E-state index in [2.05, 4.69) is 4.74 Å². The highest BCUT2D eigenvalue weighted by molar-refractivity contribution is 6.43. The summed E-state index contributed by atoms with van der Waals surface area (Å²) in [6.07, 6.45) is 2.91. The van der Waals surface area contributed by atoms with E-state index < -0.39 is 17.4 Å². The summed E-state index contributed by atoms with van der Waals surface area (Å²) in [4.78, 5) is 38.1. The Morgan fingerprint density at radius 1 is 1.07 bits per heavy atom. The fourth-order valence-electron chi connectivity index (χ4n) is 3.54. The second-order valence-corrected chi connectivity index (χ2v) is 7.99. The van der Waals surface area contributed by atoms with Crippen molar-refractivity contribution in [3.8, 4) is 0 Å². The van der Waals surface area contributed by atoms with E-state index in [0.717, 1.165) is 23.7 Å². The summed E-state index contributed by atoms with van der Waals surface area (Å²) >= 11 is 0. The molecule has 1 aromatic heterocycles. The Balaban J connectivity index is 1.81. The predicted molar refractivity (Wildman–Crippen MR) is 104 cm³/mol. The average Bonchev–Trinajstić information content (AvgIpc) is 3.05. The van der Waals surface area contributed by atoms with Crippen molar-refractivity contribution in [1.82, 2.24) is 9.47 Å². The first kappa shape index (κ1) is 19.9. The van der Waals surface area contributed by atoms with Crippen LogP contribution in [0.15, 0.2) is 30.5 Å². The van der Waals surface area contributed by atoms with Crippen LogP contribution < -0.4 is 0 Å². The number of methoxy groups -OCH3 is 1. The molecule has 7 nitrogen and oxygen atoms in total. The molecule has 1 amide bonds. The molecule has 2 aromatic rings. The van der Waals surface area contributed by atoms with Crippen molar-refractivity contribution in [2.75, 3.05) is 20.2 Å². The van der Waals surface area contributed by atoms with Gasteiger partial charge in [-0.05, 0) is 39.7 Å². The fraction of sp³-hybridized carbons (Fsp3) is 0.476. The maximum absolute atomic E-state index is 12.4. The van der Waals surface area contributed by atoms with Crippen LogP contribution in [0.2, 0.25) is 0 Å². The van der Waals surface area contributed by atoms with E-state index in [4.69, 9.17) is 4.74 Å². The number of fused-ring (bicyclic) bond motifs is 1. The predicted octanol–water partition coefficient (Wildman–Crippen LogP) is 3.57. The van der Waals surface area contributed by atoms with Crippen molar-refractivity contribution in [3.63, 3.8) is 0 Å². The Labute approximate surface area is 164 Å². The van der Waals surface area contributed by atoms with Crippen LogP contribution in [0.25, 0.3) is 10.9 Å². The number of nitrogens with zero attached hydrogens (tertiary/aromatic N) is 2. The van der Waals surface area contributed by atoms with Gasteiger partial charge in [0.25, 0.3) is 5.78 Å². The molecule has 1 aliphatic heterocycles. The fourth-order valence-corrected chi connectivity index (χ4v) is 3.54. The Morgan fingerprint density at radius 2 is 1.71 bits per heavy atom. The van der Waals surface area contributed by atoms with E-state index in [0.29, 0.717) is 18.7 Å². The smallest absolute Gasteiger partial charge is 0.410 e. The van der Waals surface area contributed by atoms with Gasteiger partial charge < -0.3 is 18.9 Å². The summed E-state index contributed by atoms with van der Waals surface area (Å²) in [6, 6.07) is 7.64. The SMILES string of the molecule is COC(=O)C(=O)c1cn(C2CCN(C(=O)OC(C)(C)C)CC2)c2ccccc12. The molecule has 28 heavy (non-hydrogen) atoms. The molecule has 0 unspecified atom stereocenters. The number of Topliss-reactive ketones (excluding diaryl/α,β-unsaturated/α-hetero) is 1. The number of piperidine rings is 1. The molecule has 150 valence electrons. The normalized spacial score (nSPS) is 15.5. The van der Waals surface area contributed by atoms with Crippen molar-refractivity contribution in [2.45, 2.75) is 45.3 Å². The molecule has 1 aromatic carbocycles. The minimum atomic E-state index is -0.873. The van der Waals surface area contributed by atoms with Gasteiger partial charge in [0.2, 0.25) is 0 Å². The summed E-state index contributed by atoms with van der Waals surface area (Å²) in [5.74, 6) is -1.52. The number of benzene rings is 1. The van der Waals surface area contributed by atoms with Crippen molar-refractivity contribution >= 4 is 28.7 Å². The summed E-state index contributed by atoms with van der Waals surface area (Å²) in [5.41, 5.74) is 0.718. The molecule has 3 rings (SSSR count). The van der Waals surface area contributed by atoms with Gasteiger partial charge >= 0.3 is 12.1 Å². The number of rotatable bonds is 3. The van der Waals surface area contributed by atoms with Gasteiger partial charge in [0.1, 0.15) is 5.60 Å². The Bertz CT molecular complexity index is 901. The molecule has 0 aliphatic carbocycles. The topological polar surface area (TPSA) is 77.8 Å². The average molecular weight is 386 g/mol. The van der Waals surface area contributed by atoms with Crippen LogP contribution in [-0.4, -0.2) is 53.1 Å². The standard InChI is InChI=1S/C21H26N2O5/c1-21(2,3)28-20(26)22-11-9-14(10-12-22)23-13-16(18(24)19(25)27-4)15-7-5-6-8-17(15)23/h5-8,13-14H,9-12H2,1-4H3. The van der Waals surface area contributed by atoms with E-state index in [1.807, 2.05) is 49.6 Å². The van der Waals surface area contributed by atoms with Gasteiger partial charge in [-0.1, -0.05) is 18.2 Å². The number of amides is 1. The lowest BCUT2D eigenvalue weighted by Gasteiger charge is -2.34.